The lowest BCUT2D eigenvalue weighted by atomic mass is 9.77. The molecule has 0 aromatic carbocycles. The topological polar surface area (TPSA) is 90.0 Å². The van der Waals surface area contributed by atoms with E-state index in [4.69, 9.17) is 9.47 Å². The van der Waals surface area contributed by atoms with Crippen molar-refractivity contribution in [1.29, 1.82) is 0 Å². The Morgan fingerprint density at radius 1 is 1.03 bits per heavy atom. The normalized spacial score (nSPS) is 17.6. The zero-order valence-corrected chi connectivity index (χ0v) is 22.9. The summed E-state index contributed by atoms with van der Waals surface area (Å²) < 4.78 is 39.6. The van der Waals surface area contributed by atoms with E-state index in [1.807, 2.05) is 0 Å². The predicted octanol–water partition coefficient (Wildman–Crippen LogP) is 6.61. The van der Waals surface area contributed by atoms with Crippen LogP contribution in [0.3, 0.4) is 0 Å². The second kappa shape index (κ2) is 15.1. The first-order chi connectivity index (χ1) is 19.0. The van der Waals surface area contributed by atoms with Gasteiger partial charge in [0.25, 0.3) is 0 Å². The van der Waals surface area contributed by atoms with E-state index < -0.39 is 11.6 Å². The molecule has 39 heavy (non-hydrogen) atoms. The summed E-state index contributed by atoms with van der Waals surface area (Å²) in [7, 11) is 0. The molecule has 7 nitrogen and oxygen atoms in total. The number of carbonyl (C=O) groups is 1. The molecule has 0 radical (unpaired) electrons. The molecule has 1 aliphatic rings. The van der Waals surface area contributed by atoms with E-state index in [1.165, 1.54) is 25.1 Å². The molecule has 1 saturated carbocycles. The van der Waals surface area contributed by atoms with Gasteiger partial charge in [-0.15, -0.1) is 0 Å². The minimum atomic E-state index is -0.455. The van der Waals surface area contributed by atoms with Gasteiger partial charge in [-0.1, -0.05) is 39.0 Å². The number of halogens is 2. The van der Waals surface area contributed by atoms with Gasteiger partial charge in [0, 0.05) is 43.2 Å². The average Bonchev–Trinajstić information content (AvgIpc) is 3.34. The summed E-state index contributed by atoms with van der Waals surface area (Å²) in [5, 5.41) is 0.560. The number of nitrogens with zero attached hydrogens (tertiary/aromatic N) is 3. The summed E-state index contributed by atoms with van der Waals surface area (Å²) in [5.74, 6) is 0.308. The Balaban J connectivity index is 1.21. The van der Waals surface area contributed by atoms with Crippen LogP contribution in [0.1, 0.15) is 76.8 Å². The lowest BCUT2D eigenvalue weighted by molar-refractivity contribution is -0.120. The minimum Gasteiger partial charge on any atom is -0.379 e. The van der Waals surface area contributed by atoms with Gasteiger partial charge in [-0.3, -0.25) is 4.79 Å². The molecule has 0 bridgehead atoms. The number of hydrogen-bond donors (Lipinski definition) is 1. The Hall–Kier alpha value is -2.78. The molecule has 9 heteroatoms. The third-order valence-electron chi connectivity index (χ3n) is 7.45. The van der Waals surface area contributed by atoms with Crippen molar-refractivity contribution in [2.24, 2.45) is 11.8 Å². The average molecular weight is 543 g/mol. The molecule has 1 aliphatic carbocycles. The largest absolute Gasteiger partial charge is 0.379 e. The molecule has 0 aliphatic heterocycles. The van der Waals surface area contributed by atoms with Crippen LogP contribution in [-0.2, 0) is 20.7 Å². The van der Waals surface area contributed by atoms with Gasteiger partial charge in [0.15, 0.2) is 11.6 Å². The van der Waals surface area contributed by atoms with E-state index in [0.29, 0.717) is 73.1 Å². The molecule has 3 aromatic rings. The molecule has 4 rings (SSSR count). The van der Waals surface area contributed by atoms with Crippen molar-refractivity contribution >= 4 is 16.8 Å². The van der Waals surface area contributed by atoms with Crippen molar-refractivity contribution in [3.8, 4) is 11.4 Å². The number of carbonyl (C=O) groups excluding carboxylic acids is 1. The number of H-pyrrole nitrogens is 1. The number of pyridine rings is 1. The maximum Gasteiger partial charge on any atom is 0.163 e. The van der Waals surface area contributed by atoms with Crippen LogP contribution in [0, 0.1) is 23.5 Å². The third kappa shape index (κ3) is 8.86. The van der Waals surface area contributed by atoms with Crippen molar-refractivity contribution in [1.82, 2.24) is 19.9 Å². The molecule has 1 N–H and O–H groups in total. The fraction of sp³-hybridized carbons (Fsp3) is 0.600. The number of Topliss-reactive ketones (excluding diaryl/α,β-unsaturated/α-hetero) is 1. The van der Waals surface area contributed by atoms with Gasteiger partial charge in [0.05, 0.1) is 31.3 Å². The number of nitrogens with one attached hydrogen (secondary N) is 1. The Morgan fingerprint density at radius 2 is 1.82 bits per heavy atom. The number of aromatic nitrogens is 4. The van der Waals surface area contributed by atoms with Crippen molar-refractivity contribution in [3.05, 3.63) is 42.0 Å². The van der Waals surface area contributed by atoms with E-state index in [0.717, 1.165) is 51.3 Å². The third-order valence-corrected chi connectivity index (χ3v) is 7.45. The number of ketones is 1. The Morgan fingerprint density at radius 3 is 2.64 bits per heavy atom. The molecule has 0 spiro atoms. The van der Waals surface area contributed by atoms with Gasteiger partial charge in [0.2, 0.25) is 0 Å². The second-order valence-corrected chi connectivity index (χ2v) is 10.6. The summed E-state index contributed by atoms with van der Waals surface area (Å²) in [5.41, 5.74) is 1.48. The smallest absolute Gasteiger partial charge is 0.163 e. The highest BCUT2D eigenvalue weighted by Crippen LogP contribution is 2.34. The highest BCUT2D eigenvalue weighted by Gasteiger charge is 2.26. The zero-order valence-electron chi connectivity index (χ0n) is 22.9. The summed E-state index contributed by atoms with van der Waals surface area (Å²) in [4.78, 5) is 28.3. The number of rotatable bonds is 16. The lowest BCUT2D eigenvalue weighted by Crippen LogP contribution is -2.21. The van der Waals surface area contributed by atoms with Gasteiger partial charge in [0.1, 0.15) is 17.2 Å². The number of unbranched alkanes of at least 4 members (excludes halogenated alkanes) is 2. The number of aromatic amines is 1. The Labute approximate surface area is 229 Å². The van der Waals surface area contributed by atoms with E-state index in [2.05, 4.69) is 26.9 Å². The summed E-state index contributed by atoms with van der Waals surface area (Å²) in [6.45, 7) is 4.70. The van der Waals surface area contributed by atoms with Crippen LogP contribution in [0.15, 0.2) is 24.7 Å². The molecule has 2 atom stereocenters. The van der Waals surface area contributed by atoms with Crippen LogP contribution < -0.4 is 0 Å². The maximum atomic E-state index is 14.7. The molecular formula is C30H40F2N4O3. The summed E-state index contributed by atoms with van der Waals surface area (Å²) in [6.07, 6.45) is 13.7. The second-order valence-electron chi connectivity index (χ2n) is 10.6. The monoisotopic (exact) mass is 542 g/mol. The van der Waals surface area contributed by atoms with Crippen molar-refractivity contribution in [2.45, 2.75) is 77.6 Å². The van der Waals surface area contributed by atoms with Crippen LogP contribution in [0.4, 0.5) is 8.78 Å². The minimum absolute atomic E-state index is 0.261. The van der Waals surface area contributed by atoms with Gasteiger partial charge in [-0.25, -0.2) is 23.7 Å². The molecule has 3 aromatic heterocycles. The highest BCUT2D eigenvalue weighted by molar-refractivity contribution is 5.91. The fourth-order valence-corrected chi connectivity index (χ4v) is 5.46. The van der Waals surface area contributed by atoms with Crippen LogP contribution in [-0.4, -0.2) is 52.1 Å². The molecular weight excluding hydrogens is 502 g/mol. The number of fused-ring (bicyclic) bond motifs is 1. The summed E-state index contributed by atoms with van der Waals surface area (Å²) >= 11 is 0. The number of ether oxygens (including phenoxy) is 2. The van der Waals surface area contributed by atoms with E-state index in [9.17, 15) is 13.6 Å². The quantitative estimate of drug-likeness (QED) is 0.205. The SMILES string of the molecule is CCCCCOCCOCCCC(=O)C[C@@H]1CCC[C@H](Cc2nc(-c3c[nH]c4ncc(F)cc34)ncc2F)C1. The molecule has 1 fully saturated rings. The van der Waals surface area contributed by atoms with Crippen LogP contribution in [0.2, 0.25) is 0 Å². The highest BCUT2D eigenvalue weighted by atomic mass is 19.1. The number of hydrogen-bond acceptors (Lipinski definition) is 6. The standard InChI is InChI=1S/C30H40F2N4O3/c1-2-3-4-10-38-12-13-39-11-6-9-24(37)15-21-7-5-8-22(14-21)16-28-27(32)20-35-30(36-28)26-19-34-29-25(26)17-23(31)18-33-29/h17-22H,2-16H2,1H3,(H,33,34)/t21-,22+/m1/s1. The van der Waals surface area contributed by atoms with E-state index in [-0.39, 0.29) is 11.7 Å². The first kappa shape index (κ1) is 29.2. The maximum absolute atomic E-state index is 14.7. The van der Waals surface area contributed by atoms with Gasteiger partial charge in [-0.2, -0.15) is 0 Å². The van der Waals surface area contributed by atoms with Gasteiger partial charge >= 0.3 is 0 Å². The predicted molar refractivity (Wildman–Crippen MR) is 146 cm³/mol. The van der Waals surface area contributed by atoms with Gasteiger partial charge < -0.3 is 14.5 Å². The summed E-state index contributed by atoms with van der Waals surface area (Å²) in [6, 6.07) is 1.37. The molecule has 212 valence electrons. The van der Waals surface area contributed by atoms with Crippen molar-refractivity contribution in [2.75, 3.05) is 26.4 Å². The molecule has 3 heterocycles. The fourth-order valence-electron chi connectivity index (χ4n) is 5.46. The van der Waals surface area contributed by atoms with Crippen LogP contribution >= 0.6 is 0 Å². The molecule has 0 unspecified atom stereocenters. The van der Waals surface area contributed by atoms with Crippen LogP contribution in [0.5, 0.6) is 0 Å². The first-order valence-electron chi connectivity index (χ1n) is 14.3. The molecule has 0 saturated heterocycles. The first-order valence-corrected chi connectivity index (χ1v) is 14.3. The van der Waals surface area contributed by atoms with E-state index >= 15 is 0 Å². The van der Waals surface area contributed by atoms with Crippen LogP contribution in [0.25, 0.3) is 22.4 Å². The van der Waals surface area contributed by atoms with Gasteiger partial charge in [-0.05, 0) is 43.6 Å². The Kier molecular flexibility index (Phi) is 11.3. The molecule has 0 amide bonds. The van der Waals surface area contributed by atoms with E-state index in [1.54, 1.807) is 6.20 Å². The van der Waals surface area contributed by atoms with Crippen molar-refractivity contribution in [3.63, 3.8) is 0 Å². The van der Waals surface area contributed by atoms with Crippen molar-refractivity contribution < 1.29 is 23.0 Å². The lowest BCUT2D eigenvalue weighted by Gasteiger charge is -2.28. The Bertz CT molecular complexity index is 1200. The zero-order chi connectivity index (χ0) is 27.5.